The fraction of sp³-hybridized carbons (Fsp3) is 0.906. The van der Waals surface area contributed by atoms with Crippen molar-refractivity contribution in [2.45, 2.75) is 112 Å². The largest absolute Gasteiger partial charge is 0.393 e. The molecule has 0 heterocycles. The molecule has 0 spiro atoms. The number of allylic oxidation sites excluding steroid dienone is 1. The van der Waals surface area contributed by atoms with Crippen LogP contribution in [-0.4, -0.2) is 42.7 Å². The molecular formula is C32H58N2O2. The molecule has 0 aromatic heterocycles. The van der Waals surface area contributed by atoms with Crippen LogP contribution in [0.1, 0.15) is 106 Å². The molecule has 4 aliphatic rings. The van der Waals surface area contributed by atoms with E-state index < -0.39 is 6.10 Å². The first-order valence-corrected chi connectivity index (χ1v) is 15.2. The van der Waals surface area contributed by atoms with Gasteiger partial charge in [0.25, 0.3) is 0 Å². The third-order valence-electron chi connectivity index (χ3n) is 11.4. The Morgan fingerprint density at radius 1 is 1.14 bits per heavy atom. The Morgan fingerprint density at radius 3 is 2.39 bits per heavy atom. The number of nitrogens with two attached hydrogens (primary N) is 1. The lowest BCUT2D eigenvalue weighted by Gasteiger charge is -2.60. The minimum atomic E-state index is -0.412. The van der Waals surface area contributed by atoms with Crippen LogP contribution in [0.25, 0.3) is 0 Å². The molecule has 3 saturated carbocycles. The molecule has 0 saturated heterocycles. The van der Waals surface area contributed by atoms with E-state index in [9.17, 15) is 9.90 Å². The summed E-state index contributed by atoms with van der Waals surface area (Å²) < 4.78 is 0. The average Bonchev–Trinajstić information content (AvgIpc) is 3.16. The fourth-order valence-corrected chi connectivity index (χ4v) is 9.17. The van der Waals surface area contributed by atoms with Crippen molar-refractivity contribution in [3.63, 3.8) is 0 Å². The smallest absolute Gasteiger partial charge is 0.221 e. The van der Waals surface area contributed by atoms with Gasteiger partial charge in [-0.15, -0.1) is 0 Å². The molecule has 3 N–H and O–H groups in total. The topological polar surface area (TPSA) is 66.6 Å². The van der Waals surface area contributed by atoms with E-state index in [4.69, 9.17) is 5.73 Å². The lowest BCUT2D eigenvalue weighted by molar-refractivity contribution is -0.135. The van der Waals surface area contributed by atoms with Gasteiger partial charge in [-0.05, 0) is 107 Å². The molecule has 1 unspecified atom stereocenters. The number of aliphatic hydroxyl groups is 1. The van der Waals surface area contributed by atoms with E-state index in [1.807, 2.05) is 0 Å². The summed E-state index contributed by atoms with van der Waals surface area (Å²) in [4.78, 5) is 14.6. The van der Waals surface area contributed by atoms with Crippen molar-refractivity contribution in [1.82, 2.24) is 4.90 Å². The lowest BCUT2D eigenvalue weighted by Crippen LogP contribution is -2.56. The summed E-state index contributed by atoms with van der Waals surface area (Å²) in [6.07, 6.45) is 13.8. The Labute approximate surface area is 222 Å². The summed E-state index contributed by atoms with van der Waals surface area (Å²) in [5.41, 5.74) is 7.57. The minimum Gasteiger partial charge on any atom is -0.393 e. The quantitative estimate of drug-likeness (QED) is 0.382. The monoisotopic (exact) mass is 502 g/mol. The number of carbonyl (C=O) groups is 1. The third-order valence-corrected chi connectivity index (χ3v) is 11.4. The Balaban J connectivity index is 0.000000658. The van der Waals surface area contributed by atoms with E-state index in [2.05, 4.69) is 66.6 Å². The Hall–Kier alpha value is -0.870. The molecule has 208 valence electrons. The van der Waals surface area contributed by atoms with Gasteiger partial charge in [-0.3, -0.25) is 4.79 Å². The number of primary amides is 1. The molecule has 4 heteroatoms. The molecule has 0 bridgehead atoms. The third kappa shape index (κ3) is 5.75. The van der Waals surface area contributed by atoms with Crippen molar-refractivity contribution < 1.29 is 9.90 Å². The normalized spacial score (nSPS) is 40.5. The van der Waals surface area contributed by atoms with Gasteiger partial charge in [0.1, 0.15) is 0 Å². The molecule has 0 radical (unpaired) electrons. The average molecular weight is 503 g/mol. The van der Waals surface area contributed by atoms with Gasteiger partial charge in [-0.25, -0.2) is 0 Å². The van der Waals surface area contributed by atoms with Crippen LogP contribution in [0, 0.1) is 52.3 Å². The number of amides is 1. The van der Waals surface area contributed by atoms with Crippen LogP contribution in [0.4, 0.5) is 0 Å². The second kappa shape index (κ2) is 11.9. The van der Waals surface area contributed by atoms with Crippen molar-refractivity contribution in [2.75, 3.05) is 20.6 Å². The highest BCUT2D eigenvalue weighted by Gasteiger charge is 2.61. The first kappa shape index (κ1) is 29.7. The molecule has 9 atom stereocenters. The van der Waals surface area contributed by atoms with Crippen molar-refractivity contribution in [2.24, 2.45) is 58.0 Å². The maximum atomic E-state index is 12.5. The van der Waals surface area contributed by atoms with Crippen LogP contribution in [0.5, 0.6) is 0 Å². The van der Waals surface area contributed by atoms with Crippen LogP contribution in [0.15, 0.2) is 11.6 Å². The summed E-state index contributed by atoms with van der Waals surface area (Å²) in [5, 5.41) is 10.4. The van der Waals surface area contributed by atoms with E-state index in [0.29, 0.717) is 23.7 Å². The van der Waals surface area contributed by atoms with E-state index in [1.54, 1.807) is 0 Å². The van der Waals surface area contributed by atoms with Gasteiger partial charge in [0.2, 0.25) is 5.91 Å². The van der Waals surface area contributed by atoms with Crippen LogP contribution in [0.2, 0.25) is 0 Å². The van der Waals surface area contributed by atoms with Crippen molar-refractivity contribution >= 4 is 5.91 Å². The number of carbonyl (C=O) groups excluding carboxylic acids is 1. The SMILES string of the molecule is CC(C)CCC[C@@H](C)[C@H]1CC[C@H]2[C@@H]3CC=C4C[C@@H](O)CC(C(N)=O)[C@]4(C)[C@H]3CC[C@]12C.CCN(C)C. The Kier molecular flexibility index (Phi) is 9.80. The summed E-state index contributed by atoms with van der Waals surface area (Å²) in [6.45, 7) is 15.4. The molecule has 0 aliphatic heterocycles. The highest BCUT2D eigenvalue weighted by atomic mass is 16.3. The zero-order chi connectivity index (χ0) is 26.8. The van der Waals surface area contributed by atoms with E-state index in [-0.39, 0.29) is 17.2 Å². The molecule has 36 heavy (non-hydrogen) atoms. The number of hydrogen-bond donors (Lipinski definition) is 2. The van der Waals surface area contributed by atoms with Gasteiger partial charge in [0.15, 0.2) is 0 Å². The summed E-state index contributed by atoms with van der Waals surface area (Å²) in [5.74, 6) is 4.06. The van der Waals surface area contributed by atoms with Gasteiger partial charge >= 0.3 is 0 Å². The standard InChI is InChI=1S/C28H47NO2.C4H11N/c1-17(2)7-6-8-18(3)22-11-12-23-21-10-9-19-15-20(30)16-25(26(29)31)28(19,5)24(21)13-14-27(22,23)4;1-4-5(2)3/h9,17-18,20-25,30H,6-8,10-16H2,1-5H3,(H2,29,31);4H2,1-3H3/t18-,20-,21+,22-,23+,24+,25?,27-,28+;/m1./s1. The van der Waals surface area contributed by atoms with E-state index >= 15 is 0 Å². The minimum absolute atomic E-state index is 0.143. The molecule has 4 rings (SSSR count). The second-order valence-electron chi connectivity index (χ2n) is 14.1. The first-order valence-electron chi connectivity index (χ1n) is 15.2. The summed E-state index contributed by atoms with van der Waals surface area (Å²) in [7, 11) is 4.11. The van der Waals surface area contributed by atoms with Crippen LogP contribution < -0.4 is 5.73 Å². The fourth-order valence-electron chi connectivity index (χ4n) is 9.17. The predicted octanol–water partition coefficient (Wildman–Crippen LogP) is 6.67. The van der Waals surface area contributed by atoms with Crippen molar-refractivity contribution in [3.05, 3.63) is 11.6 Å². The molecular weight excluding hydrogens is 444 g/mol. The predicted molar refractivity (Wildman–Crippen MR) is 151 cm³/mol. The summed E-state index contributed by atoms with van der Waals surface area (Å²) >= 11 is 0. The van der Waals surface area contributed by atoms with Crippen molar-refractivity contribution in [3.8, 4) is 0 Å². The first-order chi connectivity index (χ1) is 16.9. The second-order valence-corrected chi connectivity index (χ2v) is 14.1. The maximum absolute atomic E-state index is 12.5. The molecule has 4 aliphatic carbocycles. The highest BCUT2D eigenvalue weighted by Crippen LogP contribution is 2.68. The zero-order valence-corrected chi connectivity index (χ0v) is 24.9. The molecule has 0 aromatic rings. The number of hydrogen-bond acceptors (Lipinski definition) is 3. The van der Waals surface area contributed by atoms with Crippen LogP contribution in [0.3, 0.4) is 0 Å². The van der Waals surface area contributed by atoms with Crippen LogP contribution in [-0.2, 0) is 4.79 Å². The van der Waals surface area contributed by atoms with Crippen LogP contribution >= 0.6 is 0 Å². The number of aliphatic hydroxyl groups excluding tert-OH is 1. The molecule has 1 amide bonds. The zero-order valence-electron chi connectivity index (χ0n) is 24.9. The number of fused-ring (bicyclic) bond motifs is 5. The molecule has 4 nitrogen and oxygen atoms in total. The number of rotatable bonds is 7. The van der Waals surface area contributed by atoms with Gasteiger partial charge in [0.05, 0.1) is 6.10 Å². The molecule has 0 aromatic carbocycles. The maximum Gasteiger partial charge on any atom is 0.221 e. The van der Waals surface area contributed by atoms with Gasteiger partial charge in [-0.2, -0.15) is 0 Å². The van der Waals surface area contributed by atoms with Gasteiger partial charge < -0.3 is 15.7 Å². The summed E-state index contributed by atoms with van der Waals surface area (Å²) in [6, 6.07) is 0. The Morgan fingerprint density at radius 2 is 1.81 bits per heavy atom. The molecule has 3 fully saturated rings. The highest BCUT2D eigenvalue weighted by molar-refractivity contribution is 5.78. The van der Waals surface area contributed by atoms with Gasteiger partial charge in [0, 0.05) is 11.3 Å². The van der Waals surface area contributed by atoms with E-state index in [0.717, 1.165) is 43.1 Å². The lowest BCUT2D eigenvalue weighted by atomic mass is 9.44. The van der Waals surface area contributed by atoms with Crippen molar-refractivity contribution in [1.29, 1.82) is 0 Å². The Bertz CT molecular complexity index is 776. The van der Waals surface area contributed by atoms with Gasteiger partial charge in [-0.1, -0.05) is 72.5 Å². The van der Waals surface area contributed by atoms with E-state index in [1.165, 1.54) is 50.5 Å². The number of nitrogens with zero attached hydrogens (tertiary/aromatic N) is 1.